The van der Waals surface area contributed by atoms with E-state index in [1.54, 1.807) is 34.9 Å². The second-order valence-corrected chi connectivity index (χ2v) is 10.6. The summed E-state index contributed by atoms with van der Waals surface area (Å²) in [5.74, 6) is 0.144. The van der Waals surface area contributed by atoms with Gasteiger partial charge in [-0.2, -0.15) is 4.98 Å². The number of aromatic nitrogens is 3. The molecular formula is C28H38N8O5. The lowest BCUT2D eigenvalue weighted by molar-refractivity contribution is 0.0240. The molecule has 2 amide bonds. The predicted octanol–water partition coefficient (Wildman–Crippen LogP) is 3.00. The molecule has 0 bridgehead atoms. The SMILES string of the molecule is COCCN=Cc1c(N2CCN(C(=O)OC(C)(C)C)CC2)ccc(C(=O)Nc2cn3cc(C)nc3c(OC)n2)c1N. The number of carbonyl (C=O) groups excluding carboxylic acids is 2. The molecule has 1 aliphatic rings. The average molecular weight is 567 g/mol. The number of nitrogens with one attached hydrogen (secondary N) is 1. The van der Waals surface area contributed by atoms with Crippen LogP contribution in [0, 0.1) is 6.92 Å². The van der Waals surface area contributed by atoms with Crippen LogP contribution in [0.25, 0.3) is 5.65 Å². The molecule has 4 rings (SSSR count). The van der Waals surface area contributed by atoms with Crippen LogP contribution >= 0.6 is 0 Å². The summed E-state index contributed by atoms with van der Waals surface area (Å²) in [5, 5.41) is 2.82. The number of nitrogen functional groups attached to an aromatic ring is 1. The number of methoxy groups -OCH3 is 2. The molecule has 0 aliphatic carbocycles. The highest BCUT2D eigenvalue weighted by Gasteiger charge is 2.28. The Morgan fingerprint density at radius 2 is 1.85 bits per heavy atom. The molecule has 3 heterocycles. The summed E-state index contributed by atoms with van der Waals surface area (Å²) in [6, 6.07) is 3.53. The Labute approximate surface area is 239 Å². The number of amides is 2. The van der Waals surface area contributed by atoms with Gasteiger partial charge in [0.2, 0.25) is 5.65 Å². The Morgan fingerprint density at radius 1 is 1.12 bits per heavy atom. The predicted molar refractivity (Wildman–Crippen MR) is 157 cm³/mol. The second-order valence-electron chi connectivity index (χ2n) is 10.6. The number of nitrogens with two attached hydrogens (primary N) is 1. The van der Waals surface area contributed by atoms with Gasteiger partial charge in [-0.05, 0) is 39.8 Å². The molecular weight excluding hydrogens is 528 g/mol. The van der Waals surface area contributed by atoms with Crippen molar-refractivity contribution in [2.45, 2.75) is 33.3 Å². The van der Waals surface area contributed by atoms with Crippen molar-refractivity contribution in [2.75, 3.05) is 69.5 Å². The summed E-state index contributed by atoms with van der Waals surface area (Å²) in [4.78, 5) is 43.0. The highest BCUT2D eigenvalue weighted by molar-refractivity contribution is 6.11. The van der Waals surface area contributed by atoms with Crippen molar-refractivity contribution in [1.29, 1.82) is 0 Å². The lowest BCUT2D eigenvalue weighted by Crippen LogP contribution is -2.50. The molecule has 3 aromatic rings. The Bertz CT molecular complexity index is 1440. The Balaban J connectivity index is 1.58. The molecule has 220 valence electrons. The molecule has 1 aliphatic heterocycles. The summed E-state index contributed by atoms with van der Waals surface area (Å²) in [5.41, 5.74) is 9.37. The molecule has 1 fully saturated rings. The smallest absolute Gasteiger partial charge is 0.410 e. The fourth-order valence-electron chi connectivity index (χ4n) is 4.46. The number of rotatable bonds is 8. The van der Waals surface area contributed by atoms with Crippen molar-refractivity contribution in [3.8, 4) is 5.88 Å². The average Bonchev–Trinajstić information content (AvgIpc) is 3.30. The minimum atomic E-state index is -0.560. The Hall–Kier alpha value is -4.39. The van der Waals surface area contributed by atoms with E-state index in [4.69, 9.17) is 19.9 Å². The van der Waals surface area contributed by atoms with E-state index in [0.717, 1.165) is 11.4 Å². The van der Waals surface area contributed by atoms with Crippen molar-refractivity contribution in [2.24, 2.45) is 4.99 Å². The molecule has 1 saturated heterocycles. The number of carbonyl (C=O) groups is 2. The van der Waals surface area contributed by atoms with Crippen molar-refractivity contribution in [3.63, 3.8) is 0 Å². The van der Waals surface area contributed by atoms with Gasteiger partial charge >= 0.3 is 6.09 Å². The molecule has 0 saturated carbocycles. The molecule has 0 spiro atoms. The van der Waals surface area contributed by atoms with Crippen molar-refractivity contribution < 1.29 is 23.8 Å². The number of piperazine rings is 1. The van der Waals surface area contributed by atoms with Gasteiger partial charge in [-0.25, -0.2) is 9.78 Å². The molecule has 2 aromatic heterocycles. The van der Waals surface area contributed by atoms with E-state index in [1.807, 2.05) is 40.0 Å². The Morgan fingerprint density at radius 3 is 2.51 bits per heavy atom. The fraction of sp³-hybridized carbons (Fsp3) is 0.464. The molecule has 0 radical (unpaired) electrons. The first-order chi connectivity index (χ1) is 19.5. The molecule has 41 heavy (non-hydrogen) atoms. The highest BCUT2D eigenvalue weighted by Crippen LogP contribution is 2.30. The quantitative estimate of drug-likeness (QED) is 0.238. The number of nitrogens with zero attached hydrogens (tertiary/aromatic N) is 6. The van der Waals surface area contributed by atoms with Crippen LogP contribution in [0.3, 0.4) is 0 Å². The van der Waals surface area contributed by atoms with Gasteiger partial charge in [-0.1, -0.05) is 0 Å². The topological polar surface area (TPSA) is 149 Å². The van der Waals surface area contributed by atoms with E-state index in [2.05, 4.69) is 25.2 Å². The monoisotopic (exact) mass is 566 g/mol. The minimum Gasteiger partial charge on any atom is -0.478 e. The molecule has 3 N–H and O–H groups in total. The van der Waals surface area contributed by atoms with Crippen LogP contribution < -0.4 is 20.7 Å². The highest BCUT2D eigenvalue weighted by atomic mass is 16.6. The van der Waals surface area contributed by atoms with Gasteiger partial charge < -0.3 is 35.1 Å². The van der Waals surface area contributed by atoms with Gasteiger partial charge in [0.1, 0.15) is 5.60 Å². The van der Waals surface area contributed by atoms with E-state index < -0.39 is 11.5 Å². The van der Waals surface area contributed by atoms with E-state index in [9.17, 15) is 9.59 Å². The first-order valence-electron chi connectivity index (χ1n) is 13.4. The van der Waals surface area contributed by atoms with Crippen LogP contribution in [0.4, 0.5) is 22.0 Å². The summed E-state index contributed by atoms with van der Waals surface area (Å²) in [6.45, 7) is 10.4. The number of ether oxygens (including phenoxy) is 3. The van der Waals surface area contributed by atoms with Crippen molar-refractivity contribution >= 4 is 41.1 Å². The summed E-state index contributed by atoms with van der Waals surface area (Å²) >= 11 is 0. The van der Waals surface area contributed by atoms with Crippen LogP contribution in [-0.2, 0) is 9.47 Å². The van der Waals surface area contributed by atoms with Crippen LogP contribution in [-0.4, -0.2) is 96.6 Å². The third kappa shape index (κ3) is 7.04. The maximum atomic E-state index is 13.4. The zero-order chi connectivity index (χ0) is 29.7. The van der Waals surface area contributed by atoms with Crippen molar-refractivity contribution in [3.05, 3.63) is 41.3 Å². The zero-order valence-corrected chi connectivity index (χ0v) is 24.4. The number of hydrogen-bond donors (Lipinski definition) is 2. The number of anilines is 3. The number of aryl methyl sites for hydroxylation is 1. The van der Waals surface area contributed by atoms with E-state index >= 15 is 0 Å². The summed E-state index contributed by atoms with van der Waals surface area (Å²) in [6.07, 6.45) is 4.81. The van der Waals surface area contributed by atoms with E-state index in [-0.39, 0.29) is 29.0 Å². The first kappa shape index (κ1) is 29.6. The maximum Gasteiger partial charge on any atom is 0.410 e. The molecule has 0 atom stereocenters. The van der Waals surface area contributed by atoms with Crippen LogP contribution in [0.15, 0.2) is 29.5 Å². The molecule has 13 heteroatoms. The molecule has 0 unspecified atom stereocenters. The fourth-order valence-corrected chi connectivity index (χ4v) is 4.46. The standard InChI is InChI=1S/C28H38N8O5/c1-18-16-36-17-22(33-26(40-6)24(36)31-18)32-25(37)19-7-8-21(20(23(19)29)15-30-9-14-39-5)34-10-12-35(13-11-34)27(38)41-28(2,3)4/h7-8,15-17H,9-14,29H2,1-6H3,(H,32,37). The Kier molecular flexibility index (Phi) is 8.96. The summed E-state index contributed by atoms with van der Waals surface area (Å²) < 4.78 is 17.7. The molecule has 13 nitrogen and oxygen atoms in total. The van der Waals surface area contributed by atoms with Gasteiger partial charge in [0.15, 0.2) is 5.82 Å². The minimum absolute atomic E-state index is 0.275. The number of hydrogen-bond acceptors (Lipinski definition) is 10. The lowest BCUT2D eigenvalue weighted by Gasteiger charge is -2.37. The third-order valence-electron chi connectivity index (χ3n) is 6.39. The van der Waals surface area contributed by atoms with Crippen LogP contribution in [0.2, 0.25) is 0 Å². The first-order valence-corrected chi connectivity index (χ1v) is 13.4. The number of benzene rings is 1. The zero-order valence-electron chi connectivity index (χ0n) is 24.4. The second kappa shape index (κ2) is 12.4. The van der Waals surface area contributed by atoms with Crippen LogP contribution in [0.5, 0.6) is 5.88 Å². The van der Waals surface area contributed by atoms with Gasteiger partial charge in [0.05, 0.1) is 43.4 Å². The van der Waals surface area contributed by atoms with Gasteiger partial charge in [-0.3, -0.25) is 14.2 Å². The largest absolute Gasteiger partial charge is 0.478 e. The van der Waals surface area contributed by atoms with Crippen LogP contribution in [0.1, 0.15) is 42.4 Å². The third-order valence-corrected chi connectivity index (χ3v) is 6.39. The van der Waals surface area contributed by atoms with E-state index in [0.29, 0.717) is 50.5 Å². The number of fused-ring (bicyclic) bond motifs is 1. The number of imidazole rings is 1. The van der Waals surface area contributed by atoms with Gasteiger partial charge in [-0.15, -0.1) is 0 Å². The number of aliphatic imine (C=N–C) groups is 1. The van der Waals surface area contributed by atoms with Gasteiger partial charge in [0.25, 0.3) is 11.8 Å². The van der Waals surface area contributed by atoms with E-state index in [1.165, 1.54) is 7.11 Å². The normalized spacial score (nSPS) is 14.1. The van der Waals surface area contributed by atoms with Gasteiger partial charge in [0, 0.05) is 57.0 Å². The summed E-state index contributed by atoms with van der Waals surface area (Å²) in [7, 11) is 3.10. The lowest BCUT2D eigenvalue weighted by atomic mass is 10.0. The van der Waals surface area contributed by atoms with Crippen molar-refractivity contribution in [1.82, 2.24) is 19.3 Å². The molecule has 1 aromatic carbocycles. The maximum absolute atomic E-state index is 13.4.